The highest BCUT2D eigenvalue weighted by molar-refractivity contribution is 5.86. The van der Waals surface area contributed by atoms with E-state index in [1.807, 2.05) is 0 Å². The molecule has 2 fully saturated rings. The van der Waals surface area contributed by atoms with E-state index < -0.39 is 41.2 Å². The van der Waals surface area contributed by atoms with Crippen LogP contribution in [0.5, 0.6) is 5.75 Å². The van der Waals surface area contributed by atoms with Gasteiger partial charge in [-0.05, 0) is 24.6 Å². The Kier molecular flexibility index (Phi) is 9.42. The molecule has 0 spiro atoms. The number of carbonyl (C=O) groups excluding carboxylic acids is 1. The summed E-state index contributed by atoms with van der Waals surface area (Å²) in [6.07, 6.45) is -8.48. The second kappa shape index (κ2) is 13.1. The number of alkyl halides is 6. The number of nitrogens with zero attached hydrogens (tertiary/aromatic N) is 7. The molecule has 2 aliphatic rings. The Bertz CT molecular complexity index is 1570. The summed E-state index contributed by atoms with van der Waals surface area (Å²) in [5.41, 5.74) is -3.20. The number of hydrogen-bond donors (Lipinski definition) is 0. The molecule has 0 N–H and O–H groups in total. The summed E-state index contributed by atoms with van der Waals surface area (Å²) in [7, 11) is 1.47. The monoisotopic (exact) mass is 655 g/mol. The Morgan fingerprint density at radius 3 is 2.20 bits per heavy atom. The van der Waals surface area contributed by atoms with Gasteiger partial charge in [0.05, 0.1) is 25.3 Å². The van der Waals surface area contributed by atoms with Gasteiger partial charge >= 0.3 is 12.4 Å². The van der Waals surface area contributed by atoms with Crippen molar-refractivity contribution in [3.8, 4) is 5.75 Å². The number of halogens is 6. The Morgan fingerprint density at radius 2 is 1.63 bits per heavy atom. The van der Waals surface area contributed by atoms with Crippen molar-refractivity contribution in [2.75, 3.05) is 56.2 Å². The number of hydrogen-bond acceptors (Lipinski definition) is 9. The van der Waals surface area contributed by atoms with Gasteiger partial charge in [-0.2, -0.15) is 31.4 Å². The van der Waals surface area contributed by atoms with Gasteiger partial charge in [0, 0.05) is 64.2 Å². The van der Waals surface area contributed by atoms with Crippen LogP contribution in [0, 0.1) is 0 Å². The Labute approximate surface area is 259 Å². The van der Waals surface area contributed by atoms with E-state index in [1.54, 1.807) is 36.1 Å². The van der Waals surface area contributed by atoms with Crippen molar-refractivity contribution >= 4 is 17.7 Å². The summed E-state index contributed by atoms with van der Waals surface area (Å²) >= 11 is 0. The van der Waals surface area contributed by atoms with Crippen molar-refractivity contribution in [2.24, 2.45) is 0 Å². The van der Waals surface area contributed by atoms with Crippen molar-refractivity contribution in [3.63, 3.8) is 0 Å². The van der Waals surface area contributed by atoms with Crippen LogP contribution in [0.3, 0.4) is 0 Å². The molecule has 2 aromatic heterocycles. The molecule has 0 aliphatic carbocycles. The van der Waals surface area contributed by atoms with Crippen LogP contribution in [0.25, 0.3) is 0 Å². The minimum atomic E-state index is -4.98. The predicted molar refractivity (Wildman–Crippen MR) is 153 cm³/mol. The fraction of sp³-hybridized carbons (Fsp3) is 0.483. The average Bonchev–Trinajstić information content (AvgIpc) is 3.45. The predicted octanol–water partition coefficient (Wildman–Crippen LogP) is 3.46. The van der Waals surface area contributed by atoms with Crippen molar-refractivity contribution in [2.45, 2.75) is 44.4 Å². The molecule has 1 amide bonds. The molecule has 2 aliphatic heterocycles. The summed E-state index contributed by atoms with van der Waals surface area (Å²) in [6, 6.07) is 6.17. The number of benzene rings is 1. The number of methoxy groups -OCH3 is 1. The third kappa shape index (κ3) is 7.18. The lowest BCUT2D eigenvalue weighted by atomic mass is 10.1. The first-order chi connectivity index (χ1) is 21.8. The molecule has 248 valence electrons. The lowest BCUT2D eigenvalue weighted by molar-refractivity contribution is -0.139. The number of amides is 1. The van der Waals surface area contributed by atoms with Crippen molar-refractivity contribution in [1.82, 2.24) is 24.6 Å². The van der Waals surface area contributed by atoms with Crippen LogP contribution in [-0.2, 0) is 28.4 Å². The highest BCUT2D eigenvalue weighted by atomic mass is 19.4. The van der Waals surface area contributed by atoms with Crippen molar-refractivity contribution in [1.29, 1.82) is 0 Å². The number of anilines is 2. The van der Waals surface area contributed by atoms with E-state index >= 15 is 0 Å². The van der Waals surface area contributed by atoms with Gasteiger partial charge < -0.3 is 24.2 Å². The molecule has 0 radical (unpaired) electrons. The zero-order valence-electron chi connectivity index (χ0n) is 24.9. The van der Waals surface area contributed by atoms with E-state index in [0.717, 1.165) is 4.68 Å². The zero-order valence-corrected chi connectivity index (χ0v) is 24.9. The smallest absolute Gasteiger partial charge is 0.421 e. The maximum absolute atomic E-state index is 14.1. The third-order valence-electron chi connectivity index (χ3n) is 7.84. The molecule has 11 nitrogen and oxygen atoms in total. The van der Waals surface area contributed by atoms with Crippen LogP contribution in [0.4, 0.5) is 38.1 Å². The molecular formula is C29H31F6N7O4. The fourth-order valence-electron chi connectivity index (χ4n) is 5.49. The maximum atomic E-state index is 14.1. The standard InChI is InChI=1S/C29H31F6N7O4/c1-3-46-21-12-23(26(44)39-8-10-40(11-9-39)27-36-14-19(15-37-27)28(30,31)32)41(17-21)24-13-22(29(33,34)35)25(43)42(38-24)16-18-4-6-20(45-2)7-5-18/h4-7,13-15,21,23H,3,8-12,16-17H2,1-2H3/t21-,23-/m0/s1. The molecule has 2 saturated heterocycles. The van der Waals surface area contributed by atoms with Crippen LogP contribution in [0.2, 0.25) is 0 Å². The van der Waals surface area contributed by atoms with Crippen LogP contribution in [0.1, 0.15) is 30.0 Å². The van der Waals surface area contributed by atoms with E-state index in [2.05, 4.69) is 15.1 Å². The highest BCUT2D eigenvalue weighted by Crippen LogP contribution is 2.33. The average molecular weight is 656 g/mol. The van der Waals surface area contributed by atoms with Crippen LogP contribution >= 0.6 is 0 Å². The summed E-state index contributed by atoms with van der Waals surface area (Å²) in [5, 5.41) is 4.28. The molecule has 0 saturated carbocycles. The highest BCUT2D eigenvalue weighted by Gasteiger charge is 2.43. The molecule has 46 heavy (non-hydrogen) atoms. The normalized spacial score (nSPS) is 19.1. The van der Waals surface area contributed by atoms with Gasteiger partial charge in [0.25, 0.3) is 5.56 Å². The first kappa shape index (κ1) is 33.0. The number of carbonyl (C=O) groups is 1. The van der Waals surface area contributed by atoms with E-state index in [9.17, 15) is 35.9 Å². The molecule has 0 bridgehead atoms. The number of piperazine rings is 1. The van der Waals surface area contributed by atoms with E-state index in [4.69, 9.17) is 9.47 Å². The molecule has 1 aromatic carbocycles. The van der Waals surface area contributed by atoms with E-state index in [-0.39, 0.29) is 63.4 Å². The molecule has 3 aromatic rings. The zero-order chi connectivity index (χ0) is 33.2. The van der Waals surface area contributed by atoms with Crippen molar-refractivity contribution in [3.05, 3.63) is 69.8 Å². The summed E-state index contributed by atoms with van der Waals surface area (Å²) in [4.78, 5) is 39.0. The number of aromatic nitrogens is 4. The summed E-state index contributed by atoms with van der Waals surface area (Å²) in [5.74, 6) is 0.0418. The summed E-state index contributed by atoms with van der Waals surface area (Å²) < 4.78 is 92.5. The van der Waals surface area contributed by atoms with Gasteiger partial charge in [-0.15, -0.1) is 0 Å². The van der Waals surface area contributed by atoms with E-state index in [0.29, 0.717) is 36.4 Å². The van der Waals surface area contributed by atoms with Gasteiger partial charge in [0.2, 0.25) is 11.9 Å². The lowest BCUT2D eigenvalue weighted by Crippen LogP contribution is -2.54. The van der Waals surface area contributed by atoms with Crippen LogP contribution in [0.15, 0.2) is 47.5 Å². The second-order valence-electron chi connectivity index (χ2n) is 10.8. The molecule has 0 unspecified atom stereocenters. The lowest BCUT2D eigenvalue weighted by Gasteiger charge is -2.37. The quantitative estimate of drug-likeness (QED) is 0.338. The Hall–Kier alpha value is -4.41. The van der Waals surface area contributed by atoms with Crippen LogP contribution < -0.4 is 20.1 Å². The first-order valence-corrected chi connectivity index (χ1v) is 14.4. The minimum absolute atomic E-state index is 0.0641. The molecule has 4 heterocycles. The second-order valence-corrected chi connectivity index (χ2v) is 10.8. The topological polar surface area (TPSA) is 106 Å². The number of rotatable bonds is 8. The van der Waals surface area contributed by atoms with E-state index in [1.165, 1.54) is 16.9 Å². The maximum Gasteiger partial charge on any atom is 0.421 e. The Morgan fingerprint density at radius 1 is 0.978 bits per heavy atom. The number of ether oxygens (including phenoxy) is 2. The SMILES string of the molecule is CCO[C@H]1C[C@@H](C(=O)N2CCN(c3ncc(C(F)(F)F)cn3)CC2)N(c2cc(C(F)(F)F)c(=O)n(Cc3ccc(OC)cc3)n2)C1. The van der Waals surface area contributed by atoms with Gasteiger partial charge in [-0.3, -0.25) is 9.59 Å². The largest absolute Gasteiger partial charge is 0.497 e. The molecule has 5 rings (SSSR count). The van der Waals surface area contributed by atoms with Gasteiger partial charge in [-0.25, -0.2) is 14.6 Å². The van der Waals surface area contributed by atoms with Gasteiger partial charge in [0.1, 0.15) is 17.4 Å². The first-order valence-electron chi connectivity index (χ1n) is 14.4. The van der Waals surface area contributed by atoms with Crippen LogP contribution in [-0.4, -0.2) is 89.1 Å². The minimum Gasteiger partial charge on any atom is -0.497 e. The summed E-state index contributed by atoms with van der Waals surface area (Å²) in [6.45, 7) is 2.67. The third-order valence-corrected chi connectivity index (χ3v) is 7.84. The van der Waals surface area contributed by atoms with Gasteiger partial charge in [-0.1, -0.05) is 12.1 Å². The molecule has 2 atom stereocenters. The van der Waals surface area contributed by atoms with Crippen molar-refractivity contribution < 1.29 is 40.6 Å². The van der Waals surface area contributed by atoms with Gasteiger partial charge in [0.15, 0.2) is 5.82 Å². The Balaban J connectivity index is 1.39. The fourth-order valence-corrected chi connectivity index (χ4v) is 5.49. The molecule has 17 heteroatoms. The molecular weight excluding hydrogens is 624 g/mol.